The fourth-order valence-electron chi connectivity index (χ4n) is 2.74. The summed E-state index contributed by atoms with van der Waals surface area (Å²) in [5, 5.41) is 2.95. The van der Waals surface area contributed by atoms with Gasteiger partial charge in [-0.15, -0.1) is 0 Å². The summed E-state index contributed by atoms with van der Waals surface area (Å²) >= 11 is 0. The number of aryl methyl sites for hydroxylation is 2. The molecule has 0 aromatic heterocycles. The first-order valence-electron chi connectivity index (χ1n) is 8.37. The molecule has 0 bridgehead atoms. The predicted octanol–water partition coefficient (Wildman–Crippen LogP) is 1.91. The van der Waals surface area contributed by atoms with Crippen LogP contribution in [0.5, 0.6) is 5.75 Å². The average Bonchev–Trinajstić information content (AvgIpc) is 2.51. The van der Waals surface area contributed by atoms with Crippen molar-refractivity contribution in [2.24, 2.45) is 0 Å². The zero-order chi connectivity index (χ0) is 16.7. The molecule has 1 N–H and O–H groups in total. The van der Waals surface area contributed by atoms with Gasteiger partial charge in [-0.1, -0.05) is 6.07 Å². The maximum absolute atomic E-state index is 12.1. The molecule has 1 atom stereocenters. The first kappa shape index (κ1) is 17.8. The maximum atomic E-state index is 12.1. The van der Waals surface area contributed by atoms with Crippen LogP contribution in [-0.2, 0) is 9.53 Å². The largest absolute Gasteiger partial charge is 0.481 e. The van der Waals surface area contributed by atoms with E-state index in [1.54, 1.807) is 6.92 Å². The molecule has 0 unspecified atom stereocenters. The zero-order valence-corrected chi connectivity index (χ0v) is 14.4. The number of benzene rings is 1. The lowest BCUT2D eigenvalue weighted by Crippen LogP contribution is -2.40. The summed E-state index contributed by atoms with van der Waals surface area (Å²) in [5.74, 6) is 0.685. The molecule has 1 fully saturated rings. The van der Waals surface area contributed by atoms with Gasteiger partial charge in [0.1, 0.15) is 5.75 Å². The number of carbonyl (C=O) groups excluding carboxylic acids is 1. The number of carbonyl (C=O) groups is 1. The van der Waals surface area contributed by atoms with E-state index < -0.39 is 6.10 Å². The number of nitrogens with zero attached hydrogens (tertiary/aromatic N) is 1. The highest BCUT2D eigenvalue weighted by Crippen LogP contribution is 2.17. The van der Waals surface area contributed by atoms with Crippen molar-refractivity contribution in [1.82, 2.24) is 10.2 Å². The van der Waals surface area contributed by atoms with Gasteiger partial charge >= 0.3 is 0 Å². The summed E-state index contributed by atoms with van der Waals surface area (Å²) in [5.41, 5.74) is 2.27. The smallest absolute Gasteiger partial charge is 0.260 e. The Hall–Kier alpha value is -1.59. The molecule has 0 aliphatic carbocycles. The Kier molecular flexibility index (Phi) is 6.86. The molecule has 1 amide bonds. The van der Waals surface area contributed by atoms with Crippen molar-refractivity contribution in [3.63, 3.8) is 0 Å². The van der Waals surface area contributed by atoms with Crippen LogP contribution in [0.3, 0.4) is 0 Å². The van der Waals surface area contributed by atoms with Crippen LogP contribution in [0.25, 0.3) is 0 Å². The van der Waals surface area contributed by atoms with E-state index >= 15 is 0 Å². The SMILES string of the molecule is Cc1cc(C)cc(O[C@H](C)C(=O)NCCCN2CCOCC2)c1. The van der Waals surface area contributed by atoms with E-state index in [2.05, 4.69) is 16.3 Å². The van der Waals surface area contributed by atoms with Crippen molar-refractivity contribution in [2.45, 2.75) is 33.3 Å². The van der Waals surface area contributed by atoms with E-state index in [4.69, 9.17) is 9.47 Å². The second-order valence-electron chi connectivity index (χ2n) is 6.18. The molecule has 5 nitrogen and oxygen atoms in total. The standard InChI is InChI=1S/C18H28N2O3/c1-14-11-15(2)13-17(12-14)23-16(3)18(21)19-5-4-6-20-7-9-22-10-8-20/h11-13,16H,4-10H2,1-3H3,(H,19,21)/t16-/m1/s1. The van der Waals surface area contributed by atoms with E-state index in [9.17, 15) is 4.79 Å². The topological polar surface area (TPSA) is 50.8 Å². The van der Waals surface area contributed by atoms with Crippen molar-refractivity contribution < 1.29 is 14.3 Å². The lowest BCUT2D eigenvalue weighted by Gasteiger charge is -2.26. The number of nitrogens with one attached hydrogen (secondary N) is 1. The number of ether oxygens (including phenoxy) is 2. The lowest BCUT2D eigenvalue weighted by molar-refractivity contribution is -0.127. The van der Waals surface area contributed by atoms with Crippen LogP contribution < -0.4 is 10.1 Å². The number of rotatable bonds is 7. The van der Waals surface area contributed by atoms with Gasteiger partial charge in [-0.3, -0.25) is 9.69 Å². The summed E-state index contributed by atoms with van der Waals surface area (Å²) in [7, 11) is 0. The Labute approximate surface area is 139 Å². The Bertz CT molecular complexity index is 493. The highest BCUT2D eigenvalue weighted by molar-refractivity contribution is 5.80. The second kappa shape index (κ2) is 8.89. The van der Waals surface area contributed by atoms with Gasteiger partial charge in [-0.05, 0) is 57.0 Å². The Morgan fingerprint density at radius 3 is 2.57 bits per heavy atom. The summed E-state index contributed by atoms with van der Waals surface area (Å²) in [6.07, 6.45) is 0.460. The second-order valence-corrected chi connectivity index (χ2v) is 6.18. The first-order chi connectivity index (χ1) is 11.0. The highest BCUT2D eigenvalue weighted by Gasteiger charge is 2.15. The van der Waals surface area contributed by atoms with E-state index in [1.807, 2.05) is 26.0 Å². The third-order valence-electron chi connectivity index (χ3n) is 3.93. The molecule has 0 radical (unpaired) electrons. The predicted molar refractivity (Wildman–Crippen MR) is 90.9 cm³/mol. The lowest BCUT2D eigenvalue weighted by atomic mass is 10.1. The monoisotopic (exact) mass is 320 g/mol. The van der Waals surface area contributed by atoms with Crippen LogP contribution in [0.2, 0.25) is 0 Å². The Morgan fingerprint density at radius 2 is 1.91 bits per heavy atom. The van der Waals surface area contributed by atoms with E-state index in [0.29, 0.717) is 6.54 Å². The maximum Gasteiger partial charge on any atom is 0.260 e. The van der Waals surface area contributed by atoms with Crippen LogP contribution in [0, 0.1) is 13.8 Å². The zero-order valence-electron chi connectivity index (χ0n) is 14.4. The normalized spacial score (nSPS) is 16.8. The molecular formula is C18H28N2O3. The molecule has 2 rings (SSSR count). The summed E-state index contributed by atoms with van der Waals surface area (Å²) in [4.78, 5) is 14.5. The average molecular weight is 320 g/mol. The van der Waals surface area contributed by atoms with Gasteiger partial charge in [0, 0.05) is 19.6 Å². The molecule has 1 aliphatic heterocycles. The Balaban J connectivity index is 1.68. The van der Waals surface area contributed by atoms with Gasteiger partial charge in [0.05, 0.1) is 13.2 Å². The van der Waals surface area contributed by atoms with Crippen LogP contribution in [-0.4, -0.2) is 56.3 Å². The minimum Gasteiger partial charge on any atom is -0.481 e. The molecule has 0 saturated carbocycles. The van der Waals surface area contributed by atoms with Crippen molar-refractivity contribution in [1.29, 1.82) is 0 Å². The van der Waals surface area contributed by atoms with Crippen molar-refractivity contribution in [2.75, 3.05) is 39.4 Å². The van der Waals surface area contributed by atoms with Gasteiger partial charge in [-0.2, -0.15) is 0 Å². The number of morpholine rings is 1. The molecule has 1 aromatic carbocycles. The molecule has 0 spiro atoms. The molecular weight excluding hydrogens is 292 g/mol. The van der Waals surface area contributed by atoms with Gasteiger partial charge < -0.3 is 14.8 Å². The number of hydrogen-bond acceptors (Lipinski definition) is 4. The van der Waals surface area contributed by atoms with E-state index in [1.165, 1.54) is 0 Å². The fraction of sp³-hybridized carbons (Fsp3) is 0.611. The van der Waals surface area contributed by atoms with Crippen molar-refractivity contribution >= 4 is 5.91 Å². The van der Waals surface area contributed by atoms with E-state index in [0.717, 1.165) is 56.1 Å². The summed E-state index contributed by atoms with van der Waals surface area (Å²) in [6.45, 7) is 11.1. The van der Waals surface area contributed by atoms with Crippen LogP contribution in [0.4, 0.5) is 0 Å². The molecule has 1 aliphatic rings. The van der Waals surface area contributed by atoms with Gasteiger partial charge in [0.25, 0.3) is 5.91 Å². The summed E-state index contributed by atoms with van der Waals surface area (Å²) < 4.78 is 11.1. The third-order valence-corrected chi connectivity index (χ3v) is 3.93. The highest BCUT2D eigenvalue weighted by atomic mass is 16.5. The Morgan fingerprint density at radius 1 is 1.26 bits per heavy atom. The van der Waals surface area contributed by atoms with E-state index in [-0.39, 0.29) is 5.91 Å². The van der Waals surface area contributed by atoms with Gasteiger partial charge in [-0.25, -0.2) is 0 Å². The van der Waals surface area contributed by atoms with Crippen molar-refractivity contribution in [3.8, 4) is 5.75 Å². The minimum atomic E-state index is -0.486. The molecule has 23 heavy (non-hydrogen) atoms. The molecule has 1 heterocycles. The van der Waals surface area contributed by atoms with Gasteiger partial charge in [0.15, 0.2) is 6.10 Å². The number of amides is 1. The summed E-state index contributed by atoms with van der Waals surface area (Å²) in [6, 6.07) is 5.99. The van der Waals surface area contributed by atoms with Crippen LogP contribution in [0.15, 0.2) is 18.2 Å². The number of hydrogen-bond donors (Lipinski definition) is 1. The quantitative estimate of drug-likeness (QED) is 0.780. The van der Waals surface area contributed by atoms with Crippen LogP contribution >= 0.6 is 0 Å². The van der Waals surface area contributed by atoms with Gasteiger partial charge in [0.2, 0.25) is 0 Å². The molecule has 128 valence electrons. The third kappa shape index (κ3) is 6.20. The van der Waals surface area contributed by atoms with Crippen LogP contribution in [0.1, 0.15) is 24.5 Å². The fourth-order valence-corrected chi connectivity index (χ4v) is 2.74. The first-order valence-corrected chi connectivity index (χ1v) is 8.37. The molecule has 1 aromatic rings. The van der Waals surface area contributed by atoms with Crippen molar-refractivity contribution in [3.05, 3.63) is 29.3 Å². The molecule has 5 heteroatoms. The minimum absolute atomic E-state index is 0.0638. The molecule has 1 saturated heterocycles.